The average Bonchev–Trinajstić information content (AvgIpc) is 2.64. The second kappa shape index (κ2) is 16.4. The molecule has 0 heterocycles. The van der Waals surface area contributed by atoms with E-state index in [1.807, 2.05) is 6.92 Å². The van der Waals surface area contributed by atoms with Crippen molar-refractivity contribution in [3.05, 3.63) is 0 Å². The van der Waals surface area contributed by atoms with Crippen molar-refractivity contribution in [2.45, 2.75) is 104 Å². The minimum atomic E-state index is -0.752. The maximum Gasteiger partial charge on any atom is 0.308 e. The van der Waals surface area contributed by atoms with Crippen LogP contribution in [0.1, 0.15) is 97.8 Å². The number of aliphatic carboxylic acids is 1. The molecular formula is C22H40O6. The second-order valence-corrected chi connectivity index (χ2v) is 7.76. The number of carboxylic acids is 1. The molecule has 0 aromatic rings. The summed E-state index contributed by atoms with van der Waals surface area (Å²) in [6.07, 6.45) is 10.2. The number of methoxy groups -OCH3 is 1. The van der Waals surface area contributed by atoms with Gasteiger partial charge in [-0.3, -0.25) is 14.4 Å². The van der Waals surface area contributed by atoms with E-state index in [9.17, 15) is 19.5 Å². The highest BCUT2D eigenvalue weighted by Gasteiger charge is 2.19. The molecule has 6 nitrogen and oxygen atoms in total. The molecule has 1 N–H and O–H groups in total. The summed E-state index contributed by atoms with van der Waals surface area (Å²) in [6.45, 7) is 5.41. The normalized spacial score (nSPS) is 14.1. The first-order chi connectivity index (χ1) is 13.3. The molecule has 0 aliphatic rings. The minimum Gasteiger partial charge on any atom is -0.481 e. The first-order valence-electron chi connectivity index (χ1n) is 10.8. The fourth-order valence-corrected chi connectivity index (χ4v) is 3.44. The average molecular weight is 401 g/mol. The molecule has 6 heteroatoms. The van der Waals surface area contributed by atoms with Crippen molar-refractivity contribution in [2.75, 3.05) is 7.11 Å². The molecular weight excluding hydrogens is 360 g/mol. The monoisotopic (exact) mass is 400 g/mol. The zero-order valence-electron chi connectivity index (χ0n) is 18.2. The Morgan fingerprint density at radius 2 is 1.43 bits per heavy atom. The molecule has 0 aliphatic carbocycles. The quantitative estimate of drug-likeness (QED) is 0.269. The summed E-state index contributed by atoms with van der Waals surface area (Å²) in [4.78, 5) is 34.1. The lowest BCUT2D eigenvalue weighted by atomic mass is 9.93. The van der Waals surface area contributed by atoms with Gasteiger partial charge in [-0.15, -0.1) is 0 Å². The number of ether oxygens (including phenoxy) is 2. The van der Waals surface area contributed by atoms with E-state index in [-0.39, 0.29) is 29.9 Å². The van der Waals surface area contributed by atoms with E-state index in [1.165, 1.54) is 14.0 Å². The van der Waals surface area contributed by atoms with Gasteiger partial charge in [-0.25, -0.2) is 0 Å². The smallest absolute Gasteiger partial charge is 0.308 e. The first kappa shape index (κ1) is 26.4. The summed E-state index contributed by atoms with van der Waals surface area (Å²) >= 11 is 0. The predicted molar refractivity (Wildman–Crippen MR) is 109 cm³/mol. The van der Waals surface area contributed by atoms with Gasteiger partial charge in [0.15, 0.2) is 0 Å². The molecule has 0 aromatic heterocycles. The van der Waals surface area contributed by atoms with Crippen molar-refractivity contribution in [3.8, 4) is 0 Å². The Hall–Kier alpha value is -1.59. The maximum absolute atomic E-state index is 11.5. The summed E-state index contributed by atoms with van der Waals surface area (Å²) in [5.74, 6) is -1.67. The summed E-state index contributed by atoms with van der Waals surface area (Å²) in [6, 6.07) is 0. The molecule has 0 radical (unpaired) electrons. The molecule has 164 valence electrons. The largest absolute Gasteiger partial charge is 0.481 e. The lowest BCUT2D eigenvalue weighted by Crippen LogP contribution is -2.18. The van der Waals surface area contributed by atoms with Crippen LogP contribution in [0.4, 0.5) is 0 Å². The third-order valence-electron chi connectivity index (χ3n) is 5.18. The van der Waals surface area contributed by atoms with Crippen molar-refractivity contribution in [1.82, 2.24) is 0 Å². The second-order valence-electron chi connectivity index (χ2n) is 7.76. The van der Waals surface area contributed by atoms with E-state index in [4.69, 9.17) is 9.47 Å². The van der Waals surface area contributed by atoms with E-state index in [2.05, 4.69) is 6.92 Å². The zero-order chi connectivity index (χ0) is 21.4. The molecule has 0 aromatic carbocycles. The van der Waals surface area contributed by atoms with Crippen LogP contribution in [-0.4, -0.2) is 36.2 Å². The molecule has 0 spiro atoms. The molecule has 3 atom stereocenters. The Kier molecular flexibility index (Phi) is 15.4. The van der Waals surface area contributed by atoms with Gasteiger partial charge in [0.1, 0.15) is 6.10 Å². The molecule has 0 amide bonds. The third kappa shape index (κ3) is 13.6. The third-order valence-corrected chi connectivity index (χ3v) is 5.18. The van der Waals surface area contributed by atoms with Gasteiger partial charge in [-0.05, 0) is 44.9 Å². The SMILES string of the molecule is CCCCCC(CCCC(CCCCCC(C)C(=O)OC)C(=O)O)OC(C)=O. The fourth-order valence-electron chi connectivity index (χ4n) is 3.44. The number of carbonyl (C=O) groups is 3. The van der Waals surface area contributed by atoms with E-state index < -0.39 is 5.97 Å². The lowest BCUT2D eigenvalue weighted by molar-refractivity contribution is -0.148. The Morgan fingerprint density at radius 3 is 2.00 bits per heavy atom. The van der Waals surface area contributed by atoms with Gasteiger partial charge >= 0.3 is 17.9 Å². The number of hydrogen-bond donors (Lipinski definition) is 1. The molecule has 0 rings (SSSR count). The molecule has 3 unspecified atom stereocenters. The van der Waals surface area contributed by atoms with E-state index >= 15 is 0 Å². The zero-order valence-corrected chi connectivity index (χ0v) is 18.2. The Labute approximate surface area is 170 Å². The van der Waals surface area contributed by atoms with E-state index in [0.717, 1.165) is 64.2 Å². The van der Waals surface area contributed by atoms with Crippen molar-refractivity contribution in [3.63, 3.8) is 0 Å². The molecule has 0 fully saturated rings. The van der Waals surface area contributed by atoms with Crippen LogP contribution in [0.25, 0.3) is 0 Å². The molecule has 0 aliphatic heterocycles. The maximum atomic E-state index is 11.5. The van der Waals surface area contributed by atoms with Gasteiger partial charge in [-0.1, -0.05) is 46.0 Å². The Morgan fingerprint density at radius 1 is 0.857 bits per heavy atom. The van der Waals surface area contributed by atoms with Gasteiger partial charge in [-0.2, -0.15) is 0 Å². The topological polar surface area (TPSA) is 89.9 Å². The van der Waals surface area contributed by atoms with Gasteiger partial charge in [0.05, 0.1) is 18.9 Å². The van der Waals surface area contributed by atoms with Crippen LogP contribution in [0.15, 0.2) is 0 Å². The Bertz CT molecular complexity index is 448. The molecule has 0 saturated carbocycles. The lowest BCUT2D eigenvalue weighted by Gasteiger charge is -2.18. The van der Waals surface area contributed by atoms with Crippen LogP contribution in [-0.2, 0) is 23.9 Å². The van der Waals surface area contributed by atoms with Gasteiger partial charge in [0.2, 0.25) is 0 Å². The summed E-state index contributed by atoms with van der Waals surface area (Å²) < 4.78 is 10.1. The molecule has 0 saturated heterocycles. The van der Waals surface area contributed by atoms with E-state index in [1.54, 1.807) is 0 Å². The first-order valence-corrected chi connectivity index (χ1v) is 10.8. The van der Waals surface area contributed by atoms with Crippen molar-refractivity contribution in [2.24, 2.45) is 11.8 Å². The van der Waals surface area contributed by atoms with Crippen LogP contribution in [0.2, 0.25) is 0 Å². The van der Waals surface area contributed by atoms with E-state index in [0.29, 0.717) is 12.8 Å². The Balaban J connectivity index is 4.16. The highest BCUT2D eigenvalue weighted by atomic mass is 16.5. The van der Waals surface area contributed by atoms with Crippen molar-refractivity contribution >= 4 is 17.9 Å². The predicted octanol–water partition coefficient (Wildman–Crippen LogP) is 5.13. The highest BCUT2D eigenvalue weighted by Crippen LogP contribution is 2.21. The fraction of sp³-hybridized carbons (Fsp3) is 0.864. The minimum absolute atomic E-state index is 0.0988. The van der Waals surface area contributed by atoms with Crippen molar-refractivity contribution < 1.29 is 29.0 Å². The van der Waals surface area contributed by atoms with Gasteiger partial charge in [0, 0.05) is 6.92 Å². The summed E-state index contributed by atoms with van der Waals surface area (Å²) in [5, 5.41) is 9.46. The number of carbonyl (C=O) groups excluding carboxylic acids is 2. The van der Waals surface area contributed by atoms with Gasteiger partial charge < -0.3 is 14.6 Å². The van der Waals surface area contributed by atoms with Crippen LogP contribution < -0.4 is 0 Å². The molecule has 28 heavy (non-hydrogen) atoms. The van der Waals surface area contributed by atoms with Crippen LogP contribution >= 0.6 is 0 Å². The highest BCUT2D eigenvalue weighted by molar-refractivity contribution is 5.71. The summed E-state index contributed by atoms with van der Waals surface area (Å²) in [5.41, 5.74) is 0. The van der Waals surface area contributed by atoms with Crippen LogP contribution in [0, 0.1) is 11.8 Å². The number of carboxylic acid groups (broad SMARTS) is 1. The number of unbranched alkanes of at least 4 members (excludes halogenated alkanes) is 4. The van der Waals surface area contributed by atoms with Crippen molar-refractivity contribution in [1.29, 1.82) is 0 Å². The number of rotatable bonds is 17. The molecule has 0 bridgehead atoms. The van der Waals surface area contributed by atoms with Gasteiger partial charge in [0.25, 0.3) is 0 Å². The van der Waals surface area contributed by atoms with Crippen LogP contribution in [0.5, 0.6) is 0 Å². The number of hydrogen-bond acceptors (Lipinski definition) is 5. The van der Waals surface area contributed by atoms with Crippen LogP contribution in [0.3, 0.4) is 0 Å². The standard InChI is InChI=1S/C22H40O6/c1-5-6-8-15-20(28-18(3)23)16-11-14-19(21(24)25)13-10-7-9-12-17(2)22(26)27-4/h17,19-20H,5-16H2,1-4H3,(H,24,25). The summed E-state index contributed by atoms with van der Waals surface area (Å²) in [7, 11) is 1.39. The number of esters is 2.